The number of hydrogen-bond donors (Lipinski definition) is 1. The van der Waals surface area contributed by atoms with Crippen LogP contribution < -0.4 is 5.32 Å². The summed E-state index contributed by atoms with van der Waals surface area (Å²) in [6, 6.07) is 0. The second-order valence-electron chi connectivity index (χ2n) is 6.95. The van der Waals surface area contributed by atoms with Crippen molar-refractivity contribution in [2.75, 3.05) is 6.54 Å². The Labute approximate surface area is 109 Å². The summed E-state index contributed by atoms with van der Waals surface area (Å²) in [7, 11) is 0. The van der Waals surface area contributed by atoms with E-state index in [0.29, 0.717) is 12.1 Å². The zero-order chi connectivity index (χ0) is 12.3. The van der Waals surface area contributed by atoms with Crippen molar-refractivity contribution in [1.82, 2.24) is 10.2 Å². The SMILES string of the molecule is CCC1NC2(CC2)C(=O)N1CC(C1CC1)C1CC1. The summed E-state index contributed by atoms with van der Waals surface area (Å²) in [5.41, 5.74) is -0.113. The lowest BCUT2D eigenvalue weighted by atomic mass is 9.97. The third-order valence-corrected chi connectivity index (χ3v) is 5.49. The first-order chi connectivity index (χ1) is 8.73. The van der Waals surface area contributed by atoms with Crippen molar-refractivity contribution in [1.29, 1.82) is 0 Å². The van der Waals surface area contributed by atoms with E-state index >= 15 is 0 Å². The van der Waals surface area contributed by atoms with E-state index < -0.39 is 0 Å². The van der Waals surface area contributed by atoms with Gasteiger partial charge in [0.25, 0.3) is 0 Å². The molecule has 0 aromatic carbocycles. The van der Waals surface area contributed by atoms with Crippen LogP contribution in [0.15, 0.2) is 0 Å². The first-order valence-electron chi connectivity index (χ1n) is 7.82. The molecule has 1 aliphatic heterocycles. The van der Waals surface area contributed by atoms with Gasteiger partial charge in [0.05, 0.1) is 11.7 Å². The number of carbonyl (C=O) groups is 1. The maximum absolute atomic E-state index is 12.5. The summed E-state index contributed by atoms with van der Waals surface area (Å²) >= 11 is 0. The number of nitrogens with one attached hydrogen (secondary N) is 1. The molecule has 18 heavy (non-hydrogen) atoms. The van der Waals surface area contributed by atoms with Gasteiger partial charge in [-0.15, -0.1) is 0 Å². The Bertz CT molecular complexity index is 357. The Hall–Kier alpha value is -0.570. The van der Waals surface area contributed by atoms with Crippen LogP contribution in [0.3, 0.4) is 0 Å². The zero-order valence-corrected chi connectivity index (χ0v) is 11.3. The van der Waals surface area contributed by atoms with Crippen LogP contribution >= 0.6 is 0 Å². The van der Waals surface area contributed by atoms with Crippen LogP contribution in [0.5, 0.6) is 0 Å². The summed E-state index contributed by atoms with van der Waals surface area (Å²) in [6.45, 7) is 3.24. The fourth-order valence-electron chi connectivity index (χ4n) is 3.85. The quantitative estimate of drug-likeness (QED) is 0.808. The van der Waals surface area contributed by atoms with E-state index in [2.05, 4.69) is 17.1 Å². The fraction of sp³-hybridized carbons (Fsp3) is 0.933. The van der Waals surface area contributed by atoms with E-state index in [0.717, 1.165) is 43.6 Å². The fourth-order valence-corrected chi connectivity index (χ4v) is 3.85. The monoisotopic (exact) mass is 248 g/mol. The summed E-state index contributed by atoms with van der Waals surface area (Å²) in [6.07, 6.45) is 9.16. The number of rotatable bonds is 5. The van der Waals surface area contributed by atoms with Crippen molar-refractivity contribution < 1.29 is 4.79 Å². The maximum atomic E-state index is 12.5. The molecule has 1 atom stereocenters. The normalized spacial score (nSPS) is 33.8. The molecule has 3 nitrogen and oxygen atoms in total. The maximum Gasteiger partial charge on any atom is 0.244 e. The Morgan fingerprint density at radius 1 is 1.28 bits per heavy atom. The molecular formula is C15H24N2O. The predicted octanol–water partition coefficient (Wildman–Crippen LogP) is 2.12. The van der Waals surface area contributed by atoms with Crippen molar-refractivity contribution in [3.05, 3.63) is 0 Å². The van der Waals surface area contributed by atoms with Crippen LogP contribution in [0.25, 0.3) is 0 Å². The van der Waals surface area contributed by atoms with Gasteiger partial charge < -0.3 is 4.90 Å². The highest BCUT2D eigenvalue weighted by Gasteiger charge is 2.59. The first-order valence-corrected chi connectivity index (χ1v) is 7.82. The summed E-state index contributed by atoms with van der Waals surface area (Å²) in [5.74, 6) is 3.12. The molecule has 1 saturated heterocycles. The zero-order valence-electron chi connectivity index (χ0n) is 11.3. The van der Waals surface area contributed by atoms with Crippen molar-refractivity contribution >= 4 is 5.91 Å². The van der Waals surface area contributed by atoms with Gasteiger partial charge in [-0.05, 0) is 62.7 Å². The van der Waals surface area contributed by atoms with Crippen LogP contribution in [0, 0.1) is 17.8 Å². The average molecular weight is 248 g/mol. The van der Waals surface area contributed by atoms with Crippen molar-refractivity contribution in [2.45, 2.75) is 63.6 Å². The third kappa shape index (κ3) is 1.70. The number of hydrogen-bond acceptors (Lipinski definition) is 2. The van der Waals surface area contributed by atoms with Crippen LogP contribution in [-0.2, 0) is 4.79 Å². The van der Waals surface area contributed by atoms with Crippen molar-refractivity contribution in [2.24, 2.45) is 17.8 Å². The van der Waals surface area contributed by atoms with Gasteiger partial charge in [0, 0.05) is 6.54 Å². The number of nitrogens with zero attached hydrogens (tertiary/aromatic N) is 1. The summed E-state index contributed by atoms with van der Waals surface area (Å²) in [4.78, 5) is 14.7. The highest BCUT2D eigenvalue weighted by Crippen LogP contribution is 2.51. The molecule has 3 aliphatic carbocycles. The summed E-state index contributed by atoms with van der Waals surface area (Å²) < 4.78 is 0. The van der Waals surface area contributed by atoms with Crippen LogP contribution in [0.1, 0.15) is 51.9 Å². The minimum atomic E-state index is -0.113. The molecule has 4 rings (SSSR count). The molecule has 0 bridgehead atoms. The van der Waals surface area contributed by atoms with Gasteiger partial charge in [-0.2, -0.15) is 0 Å². The van der Waals surface area contributed by atoms with E-state index in [1.165, 1.54) is 25.7 Å². The minimum Gasteiger partial charge on any atom is -0.325 e. The molecule has 0 aromatic heterocycles. The highest BCUT2D eigenvalue weighted by atomic mass is 16.2. The molecule has 1 heterocycles. The Kier molecular flexibility index (Phi) is 2.33. The molecule has 100 valence electrons. The largest absolute Gasteiger partial charge is 0.325 e. The molecule has 1 amide bonds. The molecule has 4 aliphatic rings. The van der Waals surface area contributed by atoms with Crippen LogP contribution in [-0.4, -0.2) is 29.1 Å². The molecule has 3 saturated carbocycles. The van der Waals surface area contributed by atoms with E-state index in [1.807, 2.05) is 0 Å². The van der Waals surface area contributed by atoms with Gasteiger partial charge in [0.15, 0.2) is 0 Å². The van der Waals surface area contributed by atoms with Crippen LogP contribution in [0.2, 0.25) is 0 Å². The van der Waals surface area contributed by atoms with Crippen LogP contribution in [0.4, 0.5) is 0 Å². The molecule has 0 aromatic rings. The number of amides is 1. The standard InChI is InChI=1S/C15H24N2O/c1-2-13-16-15(7-8-15)14(18)17(13)9-12(10-3-4-10)11-5-6-11/h10-13,16H,2-9H2,1H3. The molecular weight excluding hydrogens is 224 g/mol. The summed E-state index contributed by atoms with van der Waals surface area (Å²) in [5, 5.41) is 3.59. The second kappa shape index (κ2) is 3.72. The smallest absolute Gasteiger partial charge is 0.244 e. The third-order valence-electron chi connectivity index (χ3n) is 5.49. The van der Waals surface area contributed by atoms with E-state index in [9.17, 15) is 4.79 Å². The Balaban J connectivity index is 1.49. The molecule has 0 radical (unpaired) electrons. The molecule has 3 heteroatoms. The lowest BCUT2D eigenvalue weighted by Crippen LogP contribution is -2.41. The van der Waals surface area contributed by atoms with Crippen molar-refractivity contribution in [3.8, 4) is 0 Å². The molecule has 1 N–H and O–H groups in total. The van der Waals surface area contributed by atoms with E-state index in [-0.39, 0.29) is 5.54 Å². The predicted molar refractivity (Wildman–Crippen MR) is 69.8 cm³/mol. The van der Waals surface area contributed by atoms with Gasteiger partial charge in [0.1, 0.15) is 0 Å². The molecule has 4 fully saturated rings. The number of carbonyl (C=O) groups excluding carboxylic acids is 1. The van der Waals surface area contributed by atoms with E-state index in [1.54, 1.807) is 0 Å². The highest BCUT2D eigenvalue weighted by molar-refractivity contribution is 5.91. The Morgan fingerprint density at radius 3 is 2.33 bits per heavy atom. The Morgan fingerprint density at radius 2 is 1.89 bits per heavy atom. The molecule has 1 unspecified atom stereocenters. The lowest BCUT2D eigenvalue weighted by Gasteiger charge is -2.28. The minimum absolute atomic E-state index is 0.113. The average Bonchev–Trinajstić information content (AvgIpc) is 3.25. The van der Waals surface area contributed by atoms with Gasteiger partial charge in [-0.1, -0.05) is 6.92 Å². The second-order valence-corrected chi connectivity index (χ2v) is 6.95. The van der Waals surface area contributed by atoms with Gasteiger partial charge in [0.2, 0.25) is 5.91 Å². The lowest BCUT2D eigenvalue weighted by molar-refractivity contribution is -0.131. The van der Waals surface area contributed by atoms with Crippen molar-refractivity contribution in [3.63, 3.8) is 0 Å². The van der Waals surface area contributed by atoms with Gasteiger partial charge in [-0.25, -0.2) is 0 Å². The first kappa shape index (κ1) is 11.3. The molecule has 1 spiro atoms. The van der Waals surface area contributed by atoms with Gasteiger partial charge >= 0.3 is 0 Å². The van der Waals surface area contributed by atoms with E-state index in [4.69, 9.17) is 0 Å². The van der Waals surface area contributed by atoms with Gasteiger partial charge in [-0.3, -0.25) is 10.1 Å². The topological polar surface area (TPSA) is 32.3 Å².